The largest absolute Gasteiger partial charge is 0.307 e. The molecule has 20 heavy (non-hydrogen) atoms. The Balaban J connectivity index is 1.92. The lowest BCUT2D eigenvalue weighted by molar-refractivity contribution is 0.191. The van der Waals surface area contributed by atoms with Gasteiger partial charge in [-0.15, -0.1) is 0 Å². The number of hydrogen-bond donors (Lipinski definition) is 1. The maximum atomic E-state index is 3.84. The van der Waals surface area contributed by atoms with Crippen molar-refractivity contribution in [1.29, 1.82) is 0 Å². The zero-order valence-electron chi connectivity index (χ0n) is 13.7. The fourth-order valence-electron chi connectivity index (χ4n) is 3.55. The minimum absolute atomic E-state index is 0.463. The van der Waals surface area contributed by atoms with E-state index in [-0.39, 0.29) is 0 Å². The lowest BCUT2D eigenvalue weighted by atomic mass is 9.75. The summed E-state index contributed by atoms with van der Waals surface area (Å²) in [5.41, 5.74) is 3.40. The summed E-state index contributed by atoms with van der Waals surface area (Å²) in [6.07, 6.45) is 7.81. The van der Waals surface area contributed by atoms with Gasteiger partial charge < -0.3 is 5.32 Å². The first-order chi connectivity index (χ1) is 9.50. The van der Waals surface area contributed by atoms with E-state index >= 15 is 0 Å². The first-order valence-corrected chi connectivity index (χ1v) is 8.35. The predicted octanol–water partition coefficient (Wildman–Crippen LogP) is 5.26. The third-order valence-corrected chi connectivity index (χ3v) is 4.71. The van der Waals surface area contributed by atoms with E-state index in [4.69, 9.17) is 0 Å². The highest BCUT2D eigenvalue weighted by molar-refractivity contribution is 5.25. The topological polar surface area (TPSA) is 12.0 Å². The second-order valence-electron chi connectivity index (χ2n) is 7.34. The molecule has 0 aromatic heterocycles. The van der Waals surface area contributed by atoms with Gasteiger partial charge in [0.15, 0.2) is 0 Å². The molecule has 1 heteroatoms. The SMILES string of the molecule is CCCc1ccc(C(C)NC2CCCC(C)(C)C2)cc1. The molecule has 0 saturated heterocycles. The van der Waals surface area contributed by atoms with Crippen LogP contribution in [0.3, 0.4) is 0 Å². The highest BCUT2D eigenvalue weighted by atomic mass is 14.9. The van der Waals surface area contributed by atoms with Crippen molar-refractivity contribution in [2.75, 3.05) is 0 Å². The van der Waals surface area contributed by atoms with E-state index in [1.54, 1.807) is 0 Å². The first kappa shape index (κ1) is 15.6. The van der Waals surface area contributed by atoms with Gasteiger partial charge in [0.05, 0.1) is 0 Å². The summed E-state index contributed by atoms with van der Waals surface area (Å²) < 4.78 is 0. The number of aryl methyl sites for hydroxylation is 1. The molecule has 2 unspecified atom stereocenters. The van der Waals surface area contributed by atoms with Gasteiger partial charge in [-0.3, -0.25) is 0 Å². The number of hydrogen-bond acceptors (Lipinski definition) is 1. The van der Waals surface area contributed by atoms with Crippen LogP contribution in [0.25, 0.3) is 0 Å². The van der Waals surface area contributed by atoms with Gasteiger partial charge in [-0.2, -0.15) is 0 Å². The molecule has 0 bridgehead atoms. The lowest BCUT2D eigenvalue weighted by Gasteiger charge is -2.37. The molecule has 1 aromatic carbocycles. The Labute approximate surface area is 125 Å². The summed E-state index contributed by atoms with van der Waals surface area (Å²) in [6.45, 7) is 9.36. The van der Waals surface area contributed by atoms with Gasteiger partial charge in [0, 0.05) is 12.1 Å². The van der Waals surface area contributed by atoms with Crippen LogP contribution in [0, 0.1) is 5.41 Å². The van der Waals surface area contributed by atoms with Crippen molar-refractivity contribution in [3.8, 4) is 0 Å². The lowest BCUT2D eigenvalue weighted by Crippen LogP contribution is -2.38. The molecule has 1 nitrogen and oxygen atoms in total. The highest BCUT2D eigenvalue weighted by Gasteiger charge is 2.28. The average molecular weight is 273 g/mol. The van der Waals surface area contributed by atoms with Gasteiger partial charge in [0.2, 0.25) is 0 Å². The molecule has 112 valence electrons. The van der Waals surface area contributed by atoms with Gasteiger partial charge in [0.1, 0.15) is 0 Å². The fraction of sp³-hybridized carbons (Fsp3) is 0.684. The minimum Gasteiger partial charge on any atom is -0.307 e. The zero-order chi connectivity index (χ0) is 14.6. The molecule has 0 aliphatic heterocycles. The van der Waals surface area contributed by atoms with Gasteiger partial charge in [-0.05, 0) is 49.1 Å². The molecular weight excluding hydrogens is 242 g/mol. The zero-order valence-corrected chi connectivity index (χ0v) is 13.7. The Kier molecular flexibility index (Phi) is 5.26. The summed E-state index contributed by atoms with van der Waals surface area (Å²) in [4.78, 5) is 0. The summed E-state index contributed by atoms with van der Waals surface area (Å²) in [5, 5.41) is 3.84. The van der Waals surface area contributed by atoms with Crippen molar-refractivity contribution in [3.63, 3.8) is 0 Å². The highest BCUT2D eigenvalue weighted by Crippen LogP contribution is 2.35. The molecule has 1 aromatic rings. The van der Waals surface area contributed by atoms with Crippen LogP contribution in [-0.2, 0) is 6.42 Å². The van der Waals surface area contributed by atoms with Crippen molar-refractivity contribution in [2.24, 2.45) is 5.41 Å². The molecule has 2 rings (SSSR count). The first-order valence-electron chi connectivity index (χ1n) is 8.35. The fourth-order valence-corrected chi connectivity index (χ4v) is 3.55. The Morgan fingerprint density at radius 3 is 2.55 bits per heavy atom. The van der Waals surface area contributed by atoms with Crippen molar-refractivity contribution >= 4 is 0 Å². The number of benzene rings is 1. The van der Waals surface area contributed by atoms with Crippen LogP contribution in [0.4, 0.5) is 0 Å². The molecule has 1 aliphatic rings. The van der Waals surface area contributed by atoms with Crippen LogP contribution in [0.1, 0.15) is 77.0 Å². The molecule has 1 N–H and O–H groups in total. The van der Waals surface area contributed by atoms with Crippen LogP contribution in [-0.4, -0.2) is 6.04 Å². The van der Waals surface area contributed by atoms with Crippen molar-refractivity contribution in [2.45, 2.75) is 78.3 Å². The molecule has 0 heterocycles. The van der Waals surface area contributed by atoms with Crippen LogP contribution < -0.4 is 5.32 Å². The third kappa shape index (κ3) is 4.34. The maximum absolute atomic E-state index is 3.84. The Morgan fingerprint density at radius 1 is 1.25 bits per heavy atom. The summed E-state index contributed by atoms with van der Waals surface area (Å²) in [7, 11) is 0. The van der Waals surface area contributed by atoms with E-state index in [1.807, 2.05) is 0 Å². The molecule has 1 aliphatic carbocycles. The van der Waals surface area contributed by atoms with E-state index in [0.29, 0.717) is 17.5 Å². The second-order valence-corrected chi connectivity index (χ2v) is 7.34. The standard InChI is InChI=1S/C19H31N/c1-5-7-16-9-11-17(12-10-16)15(2)20-18-8-6-13-19(3,4)14-18/h9-12,15,18,20H,5-8,13-14H2,1-4H3. The second kappa shape index (κ2) is 6.76. The molecule has 1 fully saturated rings. The van der Waals surface area contributed by atoms with Gasteiger partial charge in [-0.1, -0.05) is 57.9 Å². The van der Waals surface area contributed by atoms with Crippen LogP contribution in [0.5, 0.6) is 0 Å². The molecule has 1 saturated carbocycles. The van der Waals surface area contributed by atoms with Crippen molar-refractivity contribution in [1.82, 2.24) is 5.32 Å². The molecular formula is C19H31N. The monoisotopic (exact) mass is 273 g/mol. The van der Waals surface area contributed by atoms with E-state index in [0.717, 1.165) is 0 Å². The Bertz CT molecular complexity index is 404. The van der Waals surface area contributed by atoms with E-state index in [9.17, 15) is 0 Å². The summed E-state index contributed by atoms with van der Waals surface area (Å²) >= 11 is 0. The minimum atomic E-state index is 0.463. The van der Waals surface area contributed by atoms with E-state index < -0.39 is 0 Å². The summed E-state index contributed by atoms with van der Waals surface area (Å²) in [6, 6.07) is 10.3. The van der Waals surface area contributed by atoms with E-state index in [1.165, 1.54) is 49.7 Å². The molecule has 2 atom stereocenters. The van der Waals surface area contributed by atoms with Crippen molar-refractivity contribution < 1.29 is 0 Å². The maximum Gasteiger partial charge on any atom is 0.0294 e. The molecule has 0 spiro atoms. The third-order valence-electron chi connectivity index (χ3n) is 4.71. The molecule has 0 amide bonds. The Hall–Kier alpha value is -0.820. The smallest absolute Gasteiger partial charge is 0.0294 e. The number of nitrogens with one attached hydrogen (secondary N) is 1. The van der Waals surface area contributed by atoms with Crippen LogP contribution in [0.2, 0.25) is 0 Å². The quantitative estimate of drug-likeness (QED) is 0.771. The number of rotatable bonds is 5. The normalized spacial score (nSPS) is 23.5. The predicted molar refractivity (Wildman–Crippen MR) is 88.0 cm³/mol. The molecule has 0 radical (unpaired) electrons. The van der Waals surface area contributed by atoms with E-state index in [2.05, 4.69) is 57.3 Å². The Morgan fingerprint density at radius 2 is 1.95 bits per heavy atom. The average Bonchev–Trinajstić information content (AvgIpc) is 2.38. The van der Waals surface area contributed by atoms with Crippen LogP contribution in [0.15, 0.2) is 24.3 Å². The van der Waals surface area contributed by atoms with Gasteiger partial charge in [-0.25, -0.2) is 0 Å². The van der Waals surface area contributed by atoms with Gasteiger partial charge in [0.25, 0.3) is 0 Å². The van der Waals surface area contributed by atoms with Crippen molar-refractivity contribution in [3.05, 3.63) is 35.4 Å². The van der Waals surface area contributed by atoms with Gasteiger partial charge >= 0.3 is 0 Å². The summed E-state index contributed by atoms with van der Waals surface area (Å²) in [5.74, 6) is 0. The van der Waals surface area contributed by atoms with Crippen LogP contribution >= 0.6 is 0 Å².